The van der Waals surface area contributed by atoms with Crippen LogP contribution in [0.5, 0.6) is 0 Å². The Bertz CT molecular complexity index is 1180. The molecular formula is C22H17N3O2. The minimum atomic E-state index is -0.182. The molecule has 0 atom stereocenters. The van der Waals surface area contributed by atoms with E-state index in [2.05, 4.69) is 9.97 Å². The first kappa shape index (κ1) is 16.8. The summed E-state index contributed by atoms with van der Waals surface area (Å²) >= 11 is 0. The monoisotopic (exact) mass is 355 g/mol. The molecule has 5 heteroatoms. The Kier molecular flexibility index (Phi) is 4.34. The van der Waals surface area contributed by atoms with Crippen molar-refractivity contribution in [2.24, 2.45) is 0 Å². The van der Waals surface area contributed by atoms with Gasteiger partial charge in [-0.3, -0.25) is 19.1 Å². The van der Waals surface area contributed by atoms with E-state index < -0.39 is 0 Å². The predicted molar refractivity (Wildman–Crippen MR) is 104 cm³/mol. The number of pyridine rings is 1. The normalized spacial score (nSPS) is 10.9. The maximum Gasteiger partial charge on any atom is 0.265 e. The van der Waals surface area contributed by atoms with Gasteiger partial charge in [-0.05, 0) is 43.3 Å². The van der Waals surface area contributed by atoms with Crippen LogP contribution < -0.4 is 5.56 Å². The number of rotatable bonds is 4. The topological polar surface area (TPSA) is 64.8 Å². The van der Waals surface area contributed by atoms with Gasteiger partial charge in [0.15, 0.2) is 5.78 Å². The highest BCUT2D eigenvalue weighted by Gasteiger charge is 2.16. The lowest BCUT2D eigenvalue weighted by Crippen LogP contribution is -2.25. The molecule has 0 unspecified atom stereocenters. The molecule has 2 heterocycles. The fraction of sp³-hybridized carbons (Fsp3) is 0.0909. The molecule has 0 saturated heterocycles. The molecule has 0 N–H and O–H groups in total. The Morgan fingerprint density at radius 3 is 2.52 bits per heavy atom. The van der Waals surface area contributed by atoms with Gasteiger partial charge in [0.25, 0.3) is 5.56 Å². The Labute approximate surface area is 156 Å². The fourth-order valence-electron chi connectivity index (χ4n) is 3.03. The number of aryl methyl sites for hydroxylation is 1. The van der Waals surface area contributed by atoms with Crippen molar-refractivity contribution in [3.05, 3.63) is 100 Å². The number of aromatic nitrogens is 3. The van der Waals surface area contributed by atoms with Gasteiger partial charge in [0.05, 0.1) is 23.0 Å². The molecule has 0 aliphatic heterocycles. The average molecular weight is 355 g/mol. The number of carbonyl (C=O) groups excluding carboxylic acids is 1. The lowest BCUT2D eigenvalue weighted by atomic mass is 10.1. The highest BCUT2D eigenvalue weighted by molar-refractivity contribution is 5.97. The molecule has 0 radical (unpaired) electrons. The van der Waals surface area contributed by atoms with Crippen molar-refractivity contribution in [3.63, 3.8) is 0 Å². The van der Waals surface area contributed by atoms with Gasteiger partial charge < -0.3 is 0 Å². The first-order valence-electron chi connectivity index (χ1n) is 8.64. The number of benzene rings is 2. The number of fused-ring (bicyclic) bond motifs is 1. The van der Waals surface area contributed by atoms with Crippen LogP contribution in [0.2, 0.25) is 0 Å². The van der Waals surface area contributed by atoms with Gasteiger partial charge in [0.2, 0.25) is 0 Å². The minimum Gasteiger partial charge on any atom is -0.294 e. The molecule has 0 spiro atoms. The summed E-state index contributed by atoms with van der Waals surface area (Å²) in [6, 6.07) is 18.2. The zero-order valence-electron chi connectivity index (χ0n) is 14.8. The number of hydrogen-bond acceptors (Lipinski definition) is 4. The van der Waals surface area contributed by atoms with Crippen LogP contribution >= 0.6 is 0 Å². The third-order valence-electron chi connectivity index (χ3n) is 4.44. The average Bonchev–Trinajstić information content (AvgIpc) is 2.70. The quantitative estimate of drug-likeness (QED) is 0.526. The fourth-order valence-corrected chi connectivity index (χ4v) is 3.03. The summed E-state index contributed by atoms with van der Waals surface area (Å²) in [5.74, 6) is 0.280. The third-order valence-corrected chi connectivity index (χ3v) is 4.44. The molecule has 4 aromatic rings. The van der Waals surface area contributed by atoms with E-state index in [9.17, 15) is 9.59 Å². The molecule has 2 aromatic heterocycles. The Morgan fingerprint density at radius 1 is 1.00 bits per heavy atom. The van der Waals surface area contributed by atoms with Crippen LogP contribution in [0.15, 0.2) is 77.9 Å². The van der Waals surface area contributed by atoms with Crippen LogP contribution in [-0.2, 0) is 6.42 Å². The second-order valence-corrected chi connectivity index (χ2v) is 6.36. The van der Waals surface area contributed by atoms with Crippen LogP contribution in [0.4, 0.5) is 0 Å². The van der Waals surface area contributed by atoms with Crippen molar-refractivity contribution in [2.45, 2.75) is 13.3 Å². The van der Waals surface area contributed by atoms with Gasteiger partial charge in [-0.1, -0.05) is 29.8 Å². The number of Topliss-reactive ketones (excluding diaryl/α,β-unsaturated/α-hetero) is 1. The number of para-hydroxylation sites is 1. The van der Waals surface area contributed by atoms with Gasteiger partial charge >= 0.3 is 0 Å². The van der Waals surface area contributed by atoms with Crippen LogP contribution in [0.1, 0.15) is 21.7 Å². The molecule has 2 aromatic carbocycles. The van der Waals surface area contributed by atoms with E-state index in [-0.39, 0.29) is 17.8 Å². The zero-order valence-corrected chi connectivity index (χ0v) is 14.8. The van der Waals surface area contributed by atoms with Crippen molar-refractivity contribution >= 4 is 16.7 Å². The molecule has 0 fully saturated rings. The van der Waals surface area contributed by atoms with Gasteiger partial charge in [-0.25, -0.2) is 4.98 Å². The molecule has 0 saturated carbocycles. The molecule has 0 amide bonds. The van der Waals surface area contributed by atoms with E-state index >= 15 is 0 Å². The van der Waals surface area contributed by atoms with Crippen molar-refractivity contribution in [1.29, 1.82) is 0 Å². The maximum absolute atomic E-state index is 13.2. The second kappa shape index (κ2) is 6.96. The summed E-state index contributed by atoms with van der Waals surface area (Å²) in [6.45, 7) is 1.98. The summed E-state index contributed by atoms with van der Waals surface area (Å²) in [7, 11) is 0. The first-order chi connectivity index (χ1) is 13.1. The van der Waals surface area contributed by atoms with Gasteiger partial charge in [0.1, 0.15) is 5.82 Å². The van der Waals surface area contributed by atoms with Gasteiger partial charge in [-0.2, -0.15) is 0 Å². The molecule has 5 nitrogen and oxygen atoms in total. The van der Waals surface area contributed by atoms with E-state index in [0.29, 0.717) is 28.0 Å². The van der Waals surface area contributed by atoms with Gasteiger partial charge in [0, 0.05) is 18.0 Å². The predicted octanol–water partition coefficient (Wildman–Crippen LogP) is 3.51. The Balaban J connectivity index is 1.90. The smallest absolute Gasteiger partial charge is 0.265 e. The SMILES string of the molecule is Cc1ccc(-n2c(CC(=O)c3cccnc3)nc3ccccc3c2=O)cc1. The van der Waals surface area contributed by atoms with Crippen molar-refractivity contribution in [3.8, 4) is 5.69 Å². The summed E-state index contributed by atoms with van der Waals surface area (Å²) in [4.78, 5) is 34.5. The number of ketones is 1. The summed E-state index contributed by atoms with van der Waals surface area (Å²) in [6.07, 6.45) is 3.16. The maximum atomic E-state index is 13.2. The third kappa shape index (κ3) is 3.27. The second-order valence-electron chi connectivity index (χ2n) is 6.36. The zero-order chi connectivity index (χ0) is 18.8. The van der Waals surface area contributed by atoms with E-state index in [4.69, 9.17) is 0 Å². The number of hydrogen-bond donors (Lipinski definition) is 0. The Hall–Kier alpha value is -3.60. The van der Waals surface area contributed by atoms with Crippen molar-refractivity contribution in [1.82, 2.24) is 14.5 Å². The molecule has 0 aliphatic carbocycles. The molecular weight excluding hydrogens is 338 g/mol. The number of carbonyl (C=O) groups is 1. The molecule has 4 rings (SSSR count). The Morgan fingerprint density at radius 2 is 1.78 bits per heavy atom. The summed E-state index contributed by atoms with van der Waals surface area (Å²) in [5, 5.41) is 0.524. The van der Waals surface area contributed by atoms with Crippen LogP contribution in [-0.4, -0.2) is 20.3 Å². The largest absolute Gasteiger partial charge is 0.294 e. The van der Waals surface area contributed by atoms with Crippen LogP contribution in [0, 0.1) is 6.92 Å². The van der Waals surface area contributed by atoms with E-state index in [1.165, 1.54) is 10.8 Å². The van der Waals surface area contributed by atoms with Gasteiger partial charge in [-0.15, -0.1) is 0 Å². The minimum absolute atomic E-state index is 0.0135. The lowest BCUT2D eigenvalue weighted by molar-refractivity contribution is 0.0990. The molecule has 132 valence electrons. The van der Waals surface area contributed by atoms with E-state index in [1.54, 1.807) is 30.5 Å². The number of nitrogens with zero attached hydrogens (tertiary/aromatic N) is 3. The molecule has 0 bridgehead atoms. The lowest BCUT2D eigenvalue weighted by Gasteiger charge is -2.13. The highest BCUT2D eigenvalue weighted by atomic mass is 16.1. The van der Waals surface area contributed by atoms with E-state index in [0.717, 1.165) is 5.56 Å². The van der Waals surface area contributed by atoms with Crippen molar-refractivity contribution < 1.29 is 4.79 Å². The molecule has 0 aliphatic rings. The van der Waals surface area contributed by atoms with Crippen LogP contribution in [0.3, 0.4) is 0 Å². The summed E-state index contributed by atoms with van der Waals surface area (Å²) < 4.78 is 1.52. The summed E-state index contributed by atoms with van der Waals surface area (Å²) in [5.41, 5.74) is 2.68. The van der Waals surface area contributed by atoms with E-state index in [1.807, 2.05) is 43.3 Å². The van der Waals surface area contributed by atoms with Crippen LogP contribution in [0.25, 0.3) is 16.6 Å². The first-order valence-corrected chi connectivity index (χ1v) is 8.64. The highest BCUT2D eigenvalue weighted by Crippen LogP contribution is 2.15. The molecule has 27 heavy (non-hydrogen) atoms. The van der Waals surface area contributed by atoms with Crippen molar-refractivity contribution in [2.75, 3.05) is 0 Å². The standard InChI is InChI=1S/C22H17N3O2/c1-15-8-10-17(11-9-15)25-21(13-20(26)16-5-4-12-23-14-16)24-19-7-3-2-6-18(19)22(25)27/h2-12,14H,13H2,1H3.